The lowest BCUT2D eigenvalue weighted by molar-refractivity contribution is -0.160. The Morgan fingerprint density at radius 3 is 2.55 bits per heavy atom. The van der Waals surface area contributed by atoms with Gasteiger partial charge in [0, 0.05) is 47.0 Å². The van der Waals surface area contributed by atoms with E-state index >= 15 is 0 Å². The summed E-state index contributed by atoms with van der Waals surface area (Å²) in [6.45, 7) is 0.0983. The van der Waals surface area contributed by atoms with E-state index in [-0.39, 0.29) is 35.4 Å². The maximum atomic E-state index is 13.6. The van der Waals surface area contributed by atoms with E-state index in [9.17, 15) is 9.59 Å². The molecule has 3 fully saturated rings. The molecule has 186 valence electrons. The molecule has 0 heterocycles. The van der Waals surface area contributed by atoms with Gasteiger partial charge in [-0.1, -0.05) is 70.9 Å². The summed E-state index contributed by atoms with van der Waals surface area (Å²) in [6.07, 6.45) is -34.9. The highest BCUT2D eigenvalue weighted by Gasteiger charge is 2.59. The maximum Gasteiger partial charge on any atom is 0.306 e. The van der Waals surface area contributed by atoms with E-state index in [1.165, 1.54) is 0 Å². The number of ether oxygens (including phenoxy) is 1. The lowest BCUT2D eigenvalue weighted by Gasteiger charge is -2.57. The third-order valence-corrected chi connectivity index (χ3v) is 8.73. The second-order valence-electron chi connectivity index (χ2n) is 10.1. The predicted molar refractivity (Wildman–Crippen MR) is 134 cm³/mol. The molecule has 0 bridgehead atoms. The van der Waals surface area contributed by atoms with E-state index in [1.807, 2.05) is 6.92 Å². The summed E-state index contributed by atoms with van der Waals surface area (Å²) in [4.78, 5) is 25.8. The van der Waals surface area contributed by atoms with Crippen LogP contribution in [0, 0.1) is 28.6 Å². The van der Waals surface area contributed by atoms with E-state index < -0.39 is 81.7 Å². The van der Waals surface area contributed by atoms with Gasteiger partial charge < -0.3 is 4.74 Å². The van der Waals surface area contributed by atoms with Crippen LogP contribution in [0.3, 0.4) is 0 Å². The van der Waals surface area contributed by atoms with Gasteiger partial charge in [-0.25, -0.2) is 0 Å². The Morgan fingerprint density at radius 2 is 1.76 bits per heavy atom. The average molecular weight is 478 g/mol. The Kier molecular flexibility index (Phi) is 3.14. The van der Waals surface area contributed by atoms with Gasteiger partial charge in [0.05, 0.1) is 0 Å². The van der Waals surface area contributed by atoms with Crippen molar-refractivity contribution in [2.24, 2.45) is 28.6 Å². The van der Waals surface area contributed by atoms with Crippen molar-refractivity contribution >= 4 is 11.8 Å². The van der Waals surface area contributed by atoms with Crippen LogP contribution in [0.4, 0.5) is 0 Å². The van der Waals surface area contributed by atoms with E-state index in [1.54, 1.807) is 6.08 Å². The fourth-order valence-corrected chi connectivity index (χ4v) is 7.13. The standard InChI is InChI=1S/C30H48O3/c1-4-5-6-7-8-9-10-11-12-28(32)33-27-16-15-25-24-14-13-22-21-23(31)17-19-29(22,2)26(24)18-20-30(25,27)3/h21,24-27H,4-20H2,1-3H3/t24?,25?,26?,27-,29?,30?/m0/s1/i1D3,4D2,5D2,6D2,7D2,8D2,9D2,10D2,11D2,12D2. The maximum absolute atomic E-state index is 13.6. The first-order chi connectivity index (χ1) is 23.8. The summed E-state index contributed by atoms with van der Waals surface area (Å²) in [6, 6.07) is 0. The van der Waals surface area contributed by atoms with Crippen molar-refractivity contribution in [3.63, 3.8) is 0 Å². The Morgan fingerprint density at radius 1 is 1.00 bits per heavy atom. The summed E-state index contributed by atoms with van der Waals surface area (Å²) < 4.78 is 176. The van der Waals surface area contributed by atoms with Crippen LogP contribution in [0.25, 0.3) is 0 Å². The molecule has 0 saturated heterocycles. The van der Waals surface area contributed by atoms with Gasteiger partial charge >= 0.3 is 5.97 Å². The molecule has 0 radical (unpaired) electrons. The summed E-state index contributed by atoms with van der Waals surface area (Å²) >= 11 is 0. The summed E-state index contributed by atoms with van der Waals surface area (Å²) in [5.74, 6) is -1.39. The number of fused-ring (bicyclic) bond motifs is 5. The SMILES string of the molecule is [2H]C([2H])([2H])C([2H])([2H])C([2H])([2H])C([2H])([2H])C([2H])([2H])C([2H])([2H])C([2H])([2H])C([2H])([2H])C([2H])([2H])C([2H])([2H])C(=O)O[C@H]1CCC2C3CCC4=CC(=O)CCC4(C)C3CCC21C. The fraction of sp³-hybridized carbons (Fsp3) is 0.867. The predicted octanol–water partition coefficient (Wildman–Crippen LogP) is 7.96. The minimum absolute atomic E-state index is 0.00965. The quantitative estimate of drug-likeness (QED) is 0.300. The molecule has 0 N–H and O–H groups in total. The second-order valence-corrected chi connectivity index (χ2v) is 10.1. The highest BCUT2D eigenvalue weighted by molar-refractivity contribution is 5.91. The van der Waals surface area contributed by atoms with E-state index in [2.05, 4.69) is 6.92 Å². The Labute approximate surface area is 232 Å². The van der Waals surface area contributed by atoms with Crippen molar-refractivity contribution in [1.29, 1.82) is 0 Å². The highest BCUT2D eigenvalue weighted by atomic mass is 16.5. The van der Waals surface area contributed by atoms with E-state index in [0.717, 1.165) is 24.8 Å². The van der Waals surface area contributed by atoms with Crippen LogP contribution in [0.15, 0.2) is 11.6 Å². The Bertz CT molecular complexity index is 1550. The number of allylic oxidation sites excluding steroid dienone is 1. The molecule has 0 aromatic carbocycles. The molecule has 33 heavy (non-hydrogen) atoms. The molecule has 3 nitrogen and oxygen atoms in total. The summed E-state index contributed by atoms with van der Waals surface area (Å²) in [5.41, 5.74) is 0.264. The molecule has 3 saturated carbocycles. The molecule has 0 aromatic rings. The molecule has 0 amide bonds. The zero-order valence-electron chi connectivity index (χ0n) is 40.3. The van der Waals surface area contributed by atoms with Crippen LogP contribution in [0.1, 0.15) is 158 Å². The van der Waals surface area contributed by atoms with Crippen LogP contribution in [-0.2, 0) is 14.3 Å². The van der Waals surface area contributed by atoms with Crippen LogP contribution < -0.4 is 0 Å². The molecular formula is C30H48O3. The Balaban J connectivity index is 1.62. The zero-order chi connectivity index (χ0) is 42.1. The summed E-state index contributed by atoms with van der Waals surface area (Å²) in [5, 5.41) is 0. The van der Waals surface area contributed by atoms with Crippen molar-refractivity contribution in [2.75, 3.05) is 0 Å². The van der Waals surface area contributed by atoms with Gasteiger partial charge in [0.25, 0.3) is 0 Å². The van der Waals surface area contributed by atoms with E-state index in [0.29, 0.717) is 25.7 Å². The number of carbonyl (C=O) groups is 2. The number of rotatable bonds is 10. The molecule has 4 aliphatic rings. The van der Waals surface area contributed by atoms with Gasteiger partial charge in [-0.3, -0.25) is 9.59 Å². The van der Waals surface area contributed by atoms with Gasteiger partial charge in [-0.05, 0) is 80.6 Å². The molecule has 4 rings (SSSR count). The minimum atomic E-state index is -4.71. The van der Waals surface area contributed by atoms with Gasteiger partial charge in [0.15, 0.2) is 5.78 Å². The largest absolute Gasteiger partial charge is 0.462 e. The van der Waals surface area contributed by atoms with Crippen molar-refractivity contribution in [3.8, 4) is 0 Å². The normalized spacial score (nSPS) is 51.4. The monoisotopic (exact) mass is 477 g/mol. The first-order valence-electron chi connectivity index (χ1n) is 22.3. The fourth-order valence-electron chi connectivity index (χ4n) is 7.13. The average Bonchev–Trinajstić information content (AvgIpc) is 3.35. The van der Waals surface area contributed by atoms with Crippen molar-refractivity contribution in [2.45, 2.75) is 136 Å². The molecule has 5 unspecified atom stereocenters. The number of ketones is 1. The molecule has 0 aliphatic heterocycles. The van der Waals surface area contributed by atoms with Gasteiger partial charge in [-0.2, -0.15) is 0 Å². The van der Waals surface area contributed by atoms with Crippen molar-refractivity contribution in [1.82, 2.24) is 0 Å². The second kappa shape index (κ2) is 10.6. The molecule has 3 heteroatoms. The van der Waals surface area contributed by atoms with Crippen LogP contribution >= 0.6 is 0 Å². The van der Waals surface area contributed by atoms with Gasteiger partial charge in [0.2, 0.25) is 0 Å². The zero-order valence-corrected chi connectivity index (χ0v) is 19.3. The molecule has 0 spiro atoms. The van der Waals surface area contributed by atoms with Crippen LogP contribution in [0.2, 0.25) is 0 Å². The lowest BCUT2D eigenvalue weighted by atomic mass is 9.47. The highest BCUT2D eigenvalue weighted by Crippen LogP contribution is 2.65. The molecule has 4 aliphatic carbocycles. The first-order valence-corrected chi connectivity index (χ1v) is 11.8. The lowest BCUT2D eigenvalue weighted by Crippen LogP contribution is -2.51. The van der Waals surface area contributed by atoms with Crippen molar-refractivity contribution < 1.29 is 43.1 Å². The van der Waals surface area contributed by atoms with Crippen LogP contribution in [-0.4, -0.2) is 17.9 Å². The van der Waals surface area contributed by atoms with Crippen LogP contribution in [0.5, 0.6) is 0 Å². The molecule has 0 aromatic heterocycles. The van der Waals surface area contributed by atoms with Crippen molar-refractivity contribution in [3.05, 3.63) is 11.6 Å². The van der Waals surface area contributed by atoms with E-state index in [4.69, 9.17) is 33.5 Å². The third-order valence-electron chi connectivity index (χ3n) is 8.73. The topological polar surface area (TPSA) is 43.4 Å². The first kappa shape index (κ1) is 9.74. The Hall–Kier alpha value is -1.12. The van der Waals surface area contributed by atoms with Gasteiger partial charge in [0.1, 0.15) is 6.10 Å². The minimum Gasteiger partial charge on any atom is -0.462 e. The summed E-state index contributed by atoms with van der Waals surface area (Å²) in [7, 11) is 0. The number of hydrogen-bond donors (Lipinski definition) is 0. The number of hydrogen-bond acceptors (Lipinski definition) is 3. The number of carbonyl (C=O) groups excluding carboxylic acids is 2. The van der Waals surface area contributed by atoms with Gasteiger partial charge in [-0.15, -0.1) is 0 Å². The molecular weight excluding hydrogens is 408 g/mol. The number of esters is 1. The smallest absolute Gasteiger partial charge is 0.306 e. The third kappa shape index (κ3) is 5.13. The molecule has 6 atom stereocenters.